The van der Waals surface area contributed by atoms with Crippen LogP contribution in [-0.2, 0) is 31.4 Å². The Morgan fingerprint density at radius 3 is 2.70 bits per heavy atom. The molecule has 2 N–H and O–H groups in total. The van der Waals surface area contributed by atoms with E-state index in [1.807, 2.05) is 13.0 Å². The zero-order valence-electron chi connectivity index (χ0n) is 29.4. The summed E-state index contributed by atoms with van der Waals surface area (Å²) in [5, 5.41) is 10.7. The number of hydrogen-bond acceptors (Lipinski definition) is 8. The molecular formula is C39H52ClN3O6S. The Labute approximate surface area is 302 Å². The number of aliphatic hydroxyl groups is 1. The van der Waals surface area contributed by atoms with Crippen LogP contribution in [0.4, 0.5) is 5.69 Å². The predicted octanol–water partition coefficient (Wildman–Crippen LogP) is 5.72. The lowest BCUT2D eigenvalue weighted by atomic mass is 9.68. The Morgan fingerprint density at radius 2 is 1.92 bits per heavy atom. The maximum absolute atomic E-state index is 13.7. The van der Waals surface area contributed by atoms with Gasteiger partial charge in [-0.3, -0.25) is 4.79 Å². The number of allylic oxidation sites excluding steroid dienone is 1. The molecule has 7 rings (SSSR count). The lowest BCUT2D eigenvalue weighted by Gasteiger charge is -2.46. The van der Waals surface area contributed by atoms with Gasteiger partial charge in [0.15, 0.2) is 0 Å². The van der Waals surface area contributed by atoms with Gasteiger partial charge in [-0.25, -0.2) is 13.1 Å². The number of aliphatic hydroxyl groups excluding tert-OH is 1. The van der Waals surface area contributed by atoms with E-state index in [1.54, 1.807) is 25.1 Å². The molecule has 272 valence electrons. The highest BCUT2D eigenvalue weighted by Gasteiger charge is 2.45. The molecule has 0 radical (unpaired) electrons. The SMILES string of the molecule is C[C@H]1C/C=C/[C@H](OCCN2CCC(O)CC2)[C@@H]2CC[C@H]2CN2C[C@@]3(CCCc4cc(Cl)ccc43)COc3ccc(cc32)S(=O)(=O)NC(=O)[C@@H]1C. The number of carbonyl (C=O) groups is 1. The van der Waals surface area contributed by atoms with E-state index in [-0.39, 0.29) is 28.4 Å². The number of sulfonamides is 1. The number of nitrogens with zero attached hydrogens (tertiary/aromatic N) is 2. The summed E-state index contributed by atoms with van der Waals surface area (Å²) in [6.45, 7) is 8.92. The van der Waals surface area contributed by atoms with Crippen molar-refractivity contribution in [2.45, 2.75) is 87.7 Å². The first-order valence-corrected chi connectivity index (χ1v) is 20.4. The summed E-state index contributed by atoms with van der Waals surface area (Å²) in [4.78, 5) is 18.1. The van der Waals surface area contributed by atoms with Crippen molar-refractivity contribution in [3.05, 3.63) is 64.7 Å². The summed E-state index contributed by atoms with van der Waals surface area (Å²) < 4.78 is 43.0. The van der Waals surface area contributed by atoms with E-state index in [0.29, 0.717) is 43.8 Å². The zero-order valence-corrected chi connectivity index (χ0v) is 30.9. The van der Waals surface area contributed by atoms with Crippen LogP contribution in [0.25, 0.3) is 0 Å². The molecule has 2 aromatic rings. The molecule has 2 bridgehead atoms. The van der Waals surface area contributed by atoms with Gasteiger partial charge in [-0.1, -0.05) is 43.7 Å². The summed E-state index contributed by atoms with van der Waals surface area (Å²) in [5.74, 6) is 0.240. The van der Waals surface area contributed by atoms with Crippen molar-refractivity contribution < 1.29 is 27.8 Å². The second-order valence-electron chi connectivity index (χ2n) is 15.5. The fraction of sp³-hybridized carbons (Fsp3) is 0.615. The topological polar surface area (TPSA) is 108 Å². The molecule has 1 amide bonds. The largest absolute Gasteiger partial charge is 0.490 e. The molecule has 2 aliphatic carbocycles. The number of benzene rings is 2. The van der Waals surface area contributed by atoms with E-state index in [2.05, 4.69) is 38.8 Å². The number of fused-ring (bicyclic) bond motifs is 4. The number of nitrogens with one attached hydrogen (secondary N) is 1. The first-order valence-electron chi connectivity index (χ1n) is 18.6. The fourth-order valence-corrected chi connectivity index (χ4v) is 10.0. The normalized spacial score (nSPS) is 32.5. The number of hydrogen-bond donors (Lipinski definition) is 2. The highest BCUT2D eigenvalue weighted by molar-refractivity contribution is 7.90. The molecule has 0 unspecified atom stereocenters. The minimum atomic E-state index is -4.11. The molecule has 6 atom stereocenters. The van der Waals surface area contributed by atoms with E-state index in [9.17, 15) is 18.3 Å². The number of aryl methyl sites for hydroxylation is 1. The third kappa shape index (κ3) is 7.47. The van der Waals surface area contributed by atoms with Crippen LogP contribution in [-0.4, -0.2) is 82.5 Å². The van der Waals surface area contributed by atoms with Crippen LogP contribution in [0, 0.1) is 23.7 Å². The van der Waals surface area contributed by atoms with Crippen LogP contribution >= 0.6 is 11.6 Å². The van der Waals surface area contributed by atoms with Gasteiger partial charge in [0.05, 0.1) is 36.0 Å². The van der Waals surface area contributed by atoms with Crippen LogP contribution in [0.15, 0.2) is 53.4 Å². The Balaban J connectivity index is 1.22. The van der Waals surface area contributed by atoms with Gasteiger partial charge in [0.1, 0.15) is 5.75 Å². The fourth-order valence-electron chi connectivity index (χ4n) is 8.75. The van der Waals surface area contributed by atoms with Gasteiger partial charge < -0.3 is 24.4 Å². The van der Waals surface area contributed by atoms with Crippen molar-refractivity contribution >= 4 is 33.2 Å². The molecule has 50 heavy (non-hydrogen) atoms. The van der Waals surface area contributed by atoms with Gasteiger partial charge in [-0.15, -0.1) is 0 Å². The number of halogens is 1. The standard InChI is InChI=1S/C39H52ClN3O6S/c1-26-5-3-7-36(48-20-19-42-17-14-31(44)15-18-42)33-11-8-29(33)23-43-24-39(16-4-6-28-21-30(40)9-12-34(28)39)25-49-37-13-10-32(22-35(37)43)50(46,47)41-38(45)27(26)2/h3,7,9-10,12-13,21-22,26-27,29,31,33,36,44H,4-6,8,11,14-20,23-25H2,1-2H3,(H,41,45)/b7-3+/t26-,27+,29-,33+,36-,39-/m0/s1. The molecule has 5 aliphatic rings. The molecule has 11 heteroatoms. The highest BCUT2D eigenvalue weighted by Crippen LogP contribution is 2.47. The van der Waals surface area contributed by atoms with Crippen molar-refractivity contribution in [1.82, 2.24) is 9.62 Å². The van der Waals surface area contributed by atoms with E-state index in [4.69, 9.17) is 21.1 Å². The summed E-state index contributed by atoms with van der Waals surface area (Å²) >= 11 is 6.46. The van der Waals surface area contributed by atoms with E-state index in [0.717, 1.165) is 81.8 Å². The average Bonchev–Trinajstić information content (AvgIpc) is 3.23. The van der Waals surface area contributed by atoms with E-state index >= 15 is 0 Å². The third-order valence-corrected chi connectivity index (χ3v) is 13.9. The molecule has 3 heterocycles. The van der Waals surface area contributed by atoms with Crippen molar-refractivity contribution in [3.63, 3.8) is 0 Å². The molecule has 1 saturated carbocycles. The number of carbonyl (C=O) groups excluding carboxylic acids is 1. The lowest BCUT2D eigenvalue weighted by molar-refractivity contribution is -0.124. The van der Waals surface area contributed by atoms with Crippen molar-refractivity contribution in [1.29, 1.82) is 0 Å². The summed E-state index contributed by atoms with van der Waals surface area (Å²) in [7, 11) is -4.11. The molecule has 2 aromatic carbocycles. The molecule has 1 saturated heterocycles. The molecule has 9 nitrogen and oxygen atoms in total. The summed E-state index contributed by atoms with van der Waals surface area (Å²) in [6.07, 6.45) is 11.4. The Morgan fingerprint density at radius 1 is 1.10 bits per heavy atom. The van der Waals surface area contributed by atoms with Gasteiger partial charge in [-0.2, -0.15) is 0 Å². The molecule has 2 fully saturated rings. The zero-order chi connectivity index (χ0) is 35.0. The minimum absolute atomic E-state index is 0.0608. The van der Waals surface area contributed by atoms with Crippen LogP contribution in [0.5, 0.6) is 5.75 Å². The Hall–Kier alpha value is -2.63. The number of amides is 1. The maximum atomic E-state index is 13.7. The number of ether oxygens (including phenoxy) is 2. The average molecular weight is 726 g/mol. The number of piperidine rings is 1. The van der Waals surface area contributed by atoms with Gasteiger partial charge in [0.2, 0.25) is 5.91 Å². The number of anilines is 1. The highest BCUT2D eigenvalue weighted by atomic mass is 35.5. The summed E-state index contributed by atoms with van der Waals surface area (Å²) in [6, 6.07) is 11.2. The number of likely N-dealkylation sites (tertiary alicyclic amines) is 1. The first kappa shape index (κ1) is 35.8. The molecular weight excluding hydrogens is 674 g/mol. The van der Waals surface area contributed by atoms with Gasteiger partial charge in [0.25, 0.3) is 10.0 Å². The Bertz CT molecular complexity index is 1690. The minimum Gasteiger partial charge on any atom is -0.490 e. The van der Waals surface area contributed by atoms with Crippen molar-refractivity contribution in [2.24, 2.45) is 23.7 Å². The van der Waals surface area contributed by atoms with Gasteiger partial charge in [0, 0.05) is 49.1 Å². The summed E-state index contributed by atoms with van der Waals surface area (Å²) in [5.41, 5.74) is 2.98. The van der Waals surface area contributed by atoms with Crippen molar-refractivity contribution in [3.8, 4) is 5.75 Å². The third-order valence-electron chi connectivity index (χ3n) is 12.3. The van der Waals surface area contributed by atoms with Gasteiger partial charge in [-0.05, 0) is 111 Å². The van der Waals surface area contributed by atoms with Crippen LogP contribution in [0.2, 0.25) is 5.02 Å². The second-order valence-corrected chi connectivity index (χ2v) is 17.7. The van der Waals surface area contributed by atoms with Crippen LogP contribution < -0.4 is 14.4 Å². The molecule has 1 spiro atoms. The quantitative estimate of drug-likeness (QED) is 0.386. The van der Waals surface area contributed by atoms with Crippen LogP contribution in [0.1, 0.15) is 69.9 Å². The van der Waals surface area contributed by atoms with E-state index in [1.165, 1.54) is 11.1 Å². The van der Waals surface area contributed by atoms with E-state index < -0.39 is 21.8 Å². The van der Waals surface area contributed by atoms with Crippen molar-refractivity contribution in [2.75, 3.05) is 50.8 Å². The molecule has 3 aliphatic heterocycles. The van der Waals surface area contributed by atoms with Crippen LogP contribution in [0.3, 0.4) is 0 Å². The maximum Gasteiger partial charge on any atom is 0.264 e. The predicted molar refractivity (Wildman–Crippen MR) is 195 cm³/mol. The number of rotatable bonds is 4. The Kier molecular flexibility index (Phi) is 10.6. The second kappa shape index (κ2) is 14.8. The lowest BCUT2D eigenvalue weighted by Crippen LogP contribution is -2.50. The first-order chi connectivity index (χ1) is 24.0. The molecule has 0 aromatic heterocycles. The smallest absolute Gasteiger partial charge is 0.264 e. The van der Waals surface area contributed by atoms with Gasteiger partial charge >= 0.3 is 0 Å². The monoisotopic (exact) mass is 725 g/mol.